The average Bonchev–Trinajstić information content (AvgIpc) is 3.63. The summed E-state index contributed by atoms with van der Waals surface area (Å²) in [6, 6.07) is 0. The number of hydrogen-bond acceptors (Lipinski definition) is 0. The van der Waals surface area contributed by atoms with Gasteiger partial charge in [0.25, 0.3) is 0 Å². The van der Waals surface area contributed by atoms with Crippen LogP contribution in [-0.2, 0) is 46.0 Å². The van der Waals surface area contributed by atoms with Crippen molar-refractivity contribution in [2.75, 3.05) is 0 Å². The summed E-state index contributed by atoms with van der Waals surface area (Å²) in [7, 11) is 0. The third-order valence-corrected chi connectivity index (χ3v) is 8.29. The molecular formula is C48H82Cl2Hf2Si2. The molecule has 4 unspecified atom stereocenters. The van der Waals surface area contributed by atoms with Gasteiger partial charge in [0, 0.05) is 0 Å². The molecule has 0 radical (unpaired) electrons. The van der Waals surface area contributed by atoms with E-state index in [4.69, 9.17) is 0 Å². The van der Waals surface area contributed by atoms with Gasteiger partial charge in [0.1, 0.15) is 0 Å². The predicted octanol–water partition coefficient (Wildman–Crippen LogP) is 15.8. The molecule has 4 aliphatic carbocycles. The van der Waals surface area contributed by atoms with Gasteiger partial charge in [-0.05, 0) is 0 Å². The fourth-order valence-electron chi connectivity index (χ4n) is 6.59. The Labute approximate surface area is 381 Å². The van der Waals surface area contributed by atoms with Gasteiger partial charge in [-0.1, -0.05) is 184 Å². The number of hydrogen-bond donors (Lipinski definition) is 0. The van der Waals surface area contributed by atoms with E-state index in [1.54, 1.807) is 0 Å². The first kappa shape index (κ1) is 61.3. The quantitative estimate of drug-likeness (QED) is 0.168. The van der Waals surface area contributed by atoms with Crippen LogP contribution in [0.1, 0.15) is 138 Å². The van der Waals surface area contributed by atoms with Crippen molar-refractivity contribution >= 4 is 35.8 Å². The Morgan fingerprint density at radius 3 is 0.537 bits per heavy atom. The molecule has 0 spiro atoms. The van der Waals surface area contributed by atoms with Crippen molar-refractivity contribution in [3.63, 3.8) is 0 Å². The Bertz CT molecular complexity index is 1250. The van der Waals surface area contributed by atoms with Crippen molar-refractivity contribution in [2.24, 2.45) is 45.3 Å². The molecule has 0 aliphatic heterocycles. The summed E-state index contributed by atoms with van der Waals surface area (Å²) in [6.07, 6.45) is 22.8. The van der Waals surface area contributed by atoms with Crippen LogP contribution in [0, 0.1) is 69.6 Å². The van der Waals surface area contributed by atoms with Crippen LogP contribution in [-0.4, -0.2) is 11.0 Å². The SMILES string of the molecule is CC1=[C-]C(C)C=C1C(C)(C)C.CC1=[C-]C(C)C=C1C(C)(C)C.CC1=[C-]C(C)C=C1C(C)(C)C.CC1=[C-]C(C)C=C1C(C)(C)C.C[Si](C)=[Hf+2].C[Si](C)=[Hf+2].Cl.Cl. The summed E-state index contributed by atoms with van der Waals surface area (Å²) < 4.78 is 0. The summed E-state index contributed by atoms with van der Waals surface area (Å²) in [5.74, 6) is 2.07. The molecule has 304 valence electrons. The third-order valence-electron chi connectivity index (χ3n) is 8.29. The van der Waals surface area contributed by atoms with Crippen molar-refractivity contribution in [3.8, 4) is 0 Å². The summed E-state index contributed by atoms with van der Waals surface area (Å²) in [4.78, 5) is 0. The Morgan fingerprint density at radius 2 is 0.500 bits per heavy atom. The Kier molecular flexibility index (Phi) is 30.3. The maximum absolute atomic E-state index is 3.40. The van der Waals surface area contributed by atoms with Crippen molar-refractivity contribution < 1.29 is 46.0 Å². The molecule has 0 fully saturated rings. The molecule has 0 aromatic carbocycles. The van der Waals surface area contributed by atoms with E-state index in [9.17, 15) is 0 Å². The van der Waals surface area contributed by atoms with Crippen LogP contribution in [0.25, 0.3) is 0 Å². The van der Waals surface area contributed by atoms with Crippen LogP contribution >= 0.6 is 24.8 Å². The first-order valence-corrected chi connectivity index (χ1v) is 35.2. The van der Waals surface area contributed by atoms with E-state index >= 15 is 0 Å². The van der Waals surface area contributed by atoms with Crippen molar-refractivity contribution in [1.82, 2.24) is 0 Å². The maximum Gasteiger partial charge on any atom is -0.147 e. The zero-order valence-corrected chi connectivity index (χ0v) is 50.3. The van der Waals surface area contributed by atoms with Crippen molar-refractivity contribution in [2.45, 2.75) is 165 Å². The monoisotopic (exact) mass is 1140 g/mol. The fraction of sp³-hybridized carbons (Fsp3) is 0.667. The van der Waals surface area contributed by atoms with E-state index in [0.29, 0.717) is 45.3 Å². The van der Waals surface area contributed by atoms with E-state index in [2.05, 4.69) is 213 Å². The zero-order valence-electron chi connectivity index (χ0n) is 39.4. The van der Waals surface area contributed by atoms with Crippen LogP contribution < -0.4 is 0 Å². The summed E-state index contributed by atoms with van der Waals surface area (Å²) >= 11 is 2.90. The van der Waals surface area contributed by atoms with Gasteiger partial charge in [-0.3, -0.25) is 24.3 Å². The van der Waals surface area contributed by atoms with Gasteiger partial charge in [-0.25, -0.2) is 22.3 Å². The second-order valence-electron chi connectivity index (χ2n) is 19.6. The Morgan fingerprint density at radius 1 is 0.389 bits per heavy atom. The standard InChI is InChI=1S/4C11H17.2C2H6Si.2ClH.2Hf/c4*1-8-6-9(2)10(7-8)11(3,4)5;2*1-3-2;;;;/h4*7-8H,1-5H3;2*1-2H3;2*1H;;/q4*-1;;;;;2*+2. The van der Waals surface area contributed by atoms with Crippen molar-refractivity contribution in [3.05, 3.63) is 93.2 Å². The van der Waals surface area contributed by atoms with Gasteiger partial charge in [0.2, 0.25) is 0 Å². The molecule has 4 aliphatic rings. The second kappa shape index (κ2) is 26.7. The molecule has 0 amide bonds. The molecule has 4 atom stereocenters. The molecule has 0 N–H and O–H groups in total. The molecule has 0 bridgehead atoms. The van der Waals surface area contributed by atoms with Crippen LogP contribution in [0.15, 0.2) is 68.9 Å². The van der Waals surface area contributed by atoms with Gasteiger partial charge >= 0.3 is 83.2 Å². The Balaban J connectivity index is -0.000000286. The van der Waals surface area contributed by atoms with E-state index in [1.165, 1.54) is 90.6 Å². The number of allylic oxidation sites excluding steroid dienone is 16. The van der Waals surface area contributed by atoms with E-state index in [1.807, 2.05) is 0 Å². The molecular weight excluding hydrogens is 1060 g/mol. The largest absolute Gasteiger partial charge is 0.147 e. The third kappa shape index (κ3) is 26.6. The number of rotatable bonds is 0. The van der Waals surface area contributed by atoms with Gasteiger partial charge < -0.3 is 0 Å². The van der Waals surface area contributed by atoms with Crippen molar-refractivity contribution in [1.29, 1.82) is 0 Å². The first-order chi connectivity index (χ1) is 23.1. The van der Waals surface area contributed by atoms with Crippen LogP contribution in [0.5, 0.6) is 0 Å². The molecule has 0 heterocycles. The van der Waals surface area contributed by atoms with Gasteiger partial charge in [0.15, 0.2) is 0 Å². The zero-order chi connectivity index (χ0) is 41.7. The number of halogens is 2. The van der Waals surface area contributed by atoms with E-state index in [-0.39, 0.29) is 35.8 Å². The molecule has 0 saturated heterocycles. The average molecular weight is 1140 g/mol. The first-order valence-electron chi connectivity index (χ1n) is 19.5. The normalized spacial score (nSPS) is 21.4. The minimum atomic E-state index is 0. The second-order valence-corrected chi connectivity index (χ2v) is 45.1. The smallest absolute Gasteiger partial charge is 0.147 e. The molecule has 54 heavy (non-hydrogen) atoms. The van der Waals surface area contributed by atoms with Gasteiger partial charge in [-0.2, -0.15) is 46.6 Å². The van der Waals surface area contributed by atoms with Gasteiger partial charge in [0.05, 0.1) is 0 Å². The maximum atomic E-state index is 3.40. The summed E-state index contributed by atoms with van der Waals surface area (Å²) in [5.41, 5.74) is 12.9. The summed E-state index contributed by atoms with van der Waals surface area (Å²) in [6.45, 7) is 53.7. The van der Waals surface area contributed by atoms with E-state index in [0.717, 1.165) is 0 Å². The minimum absolute atomic E-state index is 0. The molecule has 0 aromatic heterocycles. The van der Waals surface area contributed by atoms with Crippen LogP contribution in [0.2, 0.25) is 26.2 Å². The van der Waals surface area contributed by atoms with Crippen LogP contribution in [0.3, 0.4) is 0 Å². The Hall–Kier alpha value is 0.674. The fourth-order valence-corrected chi connectivity index (χ4v) is 6.59. The van der Waals surface area contributed by atoms with E-state index < -0.39 is 0 Å². The topological polar surface area (TPSA) is 0 Å². The molecule has 0 saturated carbocycles. The molecule has 4 rings (SSSR count). The predicted molar refractivity (Wildman–Crippen MR) is 246 cm³/mol. The summed E-state index contributed by atoms with van der Waals surface area (Å²) in [5, 5.41) is 0. The minimum Gasteiger partial charge on any atom is -0.147 e. The molecule has 6 heteroatoms. The molecule has 0 nitrogen and oxygen atoms in total. The van der Waals surface area contributed by atoms with Crippen LogP contribution in [0.4, 0.5) is 0 Å². The molecule has 0 aromatic rings. The van der Waals surface area contributed by atoms with Gasteiger partial charge in [-0.15, -0.1) is 24.8 Å².